The molecule has 0 spiro atoms. The number of anilines is 2. The summed E-state index contributed by atoms with van der Waals surface area (Å²) in [5.41, 5.74) is 1.54. The molecular weight excluding hydrogens is 380 g/mol. The number of hydrogen-bond donors (Lipinski definition) is 2. The van der Waals surface area contributed by atoms with E-state index < -0.39 is 6.04 Å². The Labute approximate surface area is 176 Å². The first-order chi connectivity index (χ1) is 14.6. The predicted octanol–water partition coefficient (Wildman–Crippen LogP) is 5.33. The first kappa shape index (κ1) is 21.0. The van der Waals surface area contributed by atoms with Gasteiger partial charge in [-0.2, -0.15) is 0 Å². The summed E-state index contributed by atoms with van der Waals surface area (Å²) in [4.78, 5) is 12.5. The van der Waals surface area contributed by atoms with Crippen molar-refractivity contribution in [2.24, 2.45) is 0 Å². The summed E-state index contributed by atoms with van der Waals surface area (Å²) >= 11 is 0. The van der Waals surface area contributed by atoms with Crippen molar-refractivity contribution >= 4 is 17.3 Å². The van der Waals surface area contributed by atoms with E-state index in [2.05, 4.69) is 10.6 Å². The number of amides is 1. The van der Waals surface area contributed by atoms with Crippen LogP contribution in [-0.2, 0) is 4.79 Å². The first-order valence-corrected chi connectivity index (χ1v) is 9.80. The summed E-state index contributed by atoms with van der Waals surface area (Å²) < 4.78 is 16.6. The highest BCUT2D eigenvalue weighted by Gasteiger charge is 2.13. The van der Waals surface area contributed by atoms with E-state index >= 15 is 0 Å². The molecule has 0 saturated carbocycles. The van der Waals surface area contributed by atoms with Gasteiger partial charge in [0.05, 0.1) is 13.7 Å². The zero-order valence-corrected chi connectivity index (χ0v) is 17.3. The predicted molar refractivity (Wildman–Crippen MR) is 119 cm³/mol. The highest BCUT2D eigenvalue weighted by Crippen LogP contribution is 2.31. The summed E-state index contributed by atoms with van der Waals surface area (Å²) in [5.74, 6) is 2.63. The monoisotopic (exact) mass is 406 g/mol. The number of para-hydroxylation sites is 2. The van der Waals surface area contributed by atoms with Crippen LogP contribution in [-0.4, -0.2) is 25.7 Å². The van der Waals surface area contributed by atoms with E-state index in [0.29, 0.717) is 23.9 Å². The Hall–Kier alpha value is -3.67. The van der Waals surface area contributed by atoms with E-state index in [1.54, 1.807) is 7.11 Å². The highest BCUT2D eigenvalue weighted by atomic mass is 16.5. The standard InChI is InChI=1S/C24H26N2O4/c1-4-29-20-13-9-19(10-14-20)26-24(27)17(2)25-18-11-15-21(16-12-18)30-23-8-6-5-7-22(23)28-3/h5-17,25H,4H2,1-3H3,(H,26,27). The number of carbonyl (C=O) groups excluding carboxylic acids is 1. The van der Waals surface area contributed by atoms with Crippen molar-refractivity contribution in [2.45, 2.75) is 19.9 Å². The number of methoxy groups -OCH3 is 1. The van der Waals surface area contributed by atoms with Gasteiger partial charge in [0.15, 0.2) is 11.5 Å². The third-order valence-corrected chi connectivity index (χ3v) is 4.36. The second-order valence-electron chi connectivity index (χ2n) is 6.59. The lowest BCUT2D eigenvalue weighted by Gasteiger charge is -2.16. The van der Waals surface area contributed by atoms with Gasteiger partial charge in [-0.1, -0.05) is 12.1 Å². The van der Waals surface area contributed by atoms with E-state index in [1.807, 2.05) is 86.6 Å². The maximum Gasteiger partial charge on any atom is 0.246 e. The summed E-state index contributed by atoms with van der Waals surface area (Å²) in [6.45, 7) is 4.35. The Morgan fingerprint density at radius 3 is 2.10 bits per heavy atom. The van der Waals surface area contributed by atoms with Crippen LogP contribution in [0.1, 0.15) is 13.8 Å². The molecule has 30 heavy (non-hydrogen) atoms. The molecule has 0 fully saturated rings. The molecule has 3 aromatic carbocycles. The fraction of sp³-hybridized carbons (Fsp3) is 0.208. The number of nitrogens with one attached hydrogen (secondary N) is 2. The average molecular weight is 406 g/mol. The third kappa shape index (κ3) is 5.67. The van der Waals surface area contributed by atoms with Crippen molar-refractivity contribution in [3.05, 3.63) is 72.8 Å². The lowest BCUT2D eigenvalue weighted by molar-refractivity contribution is -0.116. The Bertz CT molecular complexity index is 956. The van der Waals surface area contributed by atoms with E-state index in [1.165, 1.54) is 0 Å². The molecular formula is C24H26N2O4. The lowest BCUT2D eigenvalue weighted by Crippen LogP contribution is -2.31. The van der Waals surface area contributed by atoms with Crippen LogP contribution in [0.5, 0.6) is 23.0 Å². The van der Waals surface area contributed by atoms with Gasteiger partial charge in [0.1, 0.15) is 17.5 Å². The highest BCUT2D eigenvalue weighted by molar-refractivity contribution is 5.96. The summed E-state index contributed by atoms with van der Waals surface area (Å²) in [6.07, 6.45) is 0. The molecule has 3 rings (SSSR count). The fourth-order valence-electron chi connectivity index (χ4n) is 2.82. The molecule has 0 heterocycles. The second-order valence-corrected chi connectivity index (χ2v) is 6.59. The number of ether oxygens (including phenoxy) is 3. The van der Waals surface area contributed by atoms with Crippen molar-refractivity contribution in [3.8, 4) is 23.0 Å². The Balaban J connectivity index is 1.55. The van der Waals surface area contributed by atoms with E-state index in [0.717, 1.165) is 17.1 Å². The second kappa shape index (κ2) is 10.2. The van der Waals surface area contributed by atoms with Gasteiger partial charge in [-0.05, 0) is 74.5 Å². The van der Waals surface area contributed by atoms with Crippen LogP contribution >= 0.6 is 0 Å². The summed E-state index contributed by atoms with van der Waals surface area (Å²) in [6, 6.07) is 21.8. The Morgan fingerprint density at radius 1 is 0.867 bits per heavy atom. The molecule has 0 saturated heterocycles. The van der Waals surface area contributed by atoms with Gasteiger partial charge >= 0.3 is 0 Å². The number of benzene rings is 3. The third-order valence-electron chi connectivity index (χ3n) is 4.36. The number of carbonyl (C=O) groups is 1. The Kier molecular flexibility index (Phi) is 7.16. The van der Waals surface area contributed by atoms with Gasteiger partial charge in [0.25, 0.3) is 0 Å². The minimum Gasteiger partial charge on any atom is -0.494 e. The maximum absolute atomic E-state index is 12.5. The molecule has 0 aromatic heterocycles. The lowest BCUT2D eigenvalue weighted by atomic mass is 10.2. The fourth-order valence-corrected chi connectivity index (χ4v) is 2.82. The van der Waals surface area contributed by atoms with Crippen molar-refractivity contribution in [3.63, 3.8) is 0 Å². The molecule has 1 atom stereocenters. The van der Waals surface area contributed by atoms with E-state index in [-0.39, 0.29) is 5.91 Å². The van der Waals surface area contributed by atoms with Crippen LogP contribution in [0, 0.1) is 0 Å². The van der Waals surface area contributed by atoms with E-state index in [9.17, 15) is 4.79 Å². The minimum absolute atomic E-state index is 0.131. The summed E-state index contributed by atoms with van der Waals surface area (Å²) in [5, 5.41) is 6.08. The molecule has 0 aliphatic heterocycles. The largest absolute Gasteiger partial charge is 0.494 e. The normalized spacial score (nSPS) is 11.3. The zero-order chi connectivity index (χ0) is 21.3. The van der Waals surface area contributed by atoms with Crippen molar-refractivity contribution in [2.75, 3.05) is 24.4 Å². The van der Waals surface area contributed by atoms with Gasteiger partial charge in [0.2, 0.25) is 5.91 Å². The van der Waals surface area contributed by atoms with Gasteiger partial charge in [-0.25, -0.2) is 0 Å². The molecule has 0 bridgehead atoms. The van der Waals surface area contributed by atoms with Gasteiger partial charge < -0.3 is 24.8 Å². The minimum atomic E-state index is -0.419. The molecule has 0 radical (unpaired) electrons. The van der Waals surface area contributed by atoms with Crippen LogP contribution in [0.15, 0.2) is 72.8 Å². The van der Waals surface area contributed by atoms with Gasteiger partial charge in [-0.3, -0.25) is 4.79 Å². The molecule has 3 aromatic rings. The molecule has 1 unspecified atom stereocenters. The van der Waals surface area contributed by atoms with Crippen molar-refractivity contribution in [1.82, 2.24) is 0 Å². The van der Waals surface area contributed by atoms with Gasteiger partial charge in [-0.15, -0.1) is 0 Å². The molecule has 6 heteroatoms. The Morgan fingerprint density at radius 2 is 1.47 bits per heavy atom. The quantitative estimate of drug-likeness (QED) is 0.503. The van der Waals surface area contributed by atoms with Crippen LogP contribution in [0.3, 0.4) is 0 Å². The number of hydrogen-bond acceptors (Lipinski definition) is 5. The first-order valence-electron chi connectivity index (χ1n) is 9.80. The molecule has 156 valence electrons. The summed E-state index contributed by atoms with van der Waals surface area (Å²) in [7, 11) is 1.61. The van der Waals surface area contributed by atoms with E-state index in [4.69, 9.17) is 14.2 Å². The van der Waals surface area contributed by atoms with Crippen LogP contribution in [0.25, 0.3) is 0 Å². The van der Waals surface area contributed by atoms with Crippen molar-refractivity contribution < 1.29 is 19.0 Å². The molecule has 0 aliphatic carbocycles. The molecule has 1 amide bonds. The zero-order valence-electron chi connectivity index (χ0n) is 17.3. The number of rotatable bonds is 9. The van der Waals surface area contributed by atoms with Crippen LogP contribution < -0.4 is 24.8 Å². The molecule has 0 aliphatic rings. The van der Waals surface area contributed by atoms with Crippen molar-refractivity contribution in [1.29, 1.82) is 0 Å². The molecule has 6 nitrogen and oxygen atoms in total. The topological polar surface area (TPSA) is 68.8 Å². The van der Waals surface area contributed by atoms with Gasteiger partial charge in [0, 0.05) is 11.4 Å². The average Bonchev–Trinajstić information content (AvgIpc) is 2.77. The maximum atomic E-state index is 12.5. The van der Waals surface area contributed by atoms with Crippen LogP contribution in [0.2, 0.25) is 0 Å². The smallest absolute Gasteiger partial charge is 0.246 e. The SMILES string of the molecule is CCOc1ccc(NC(=O)C(C)Nc2ccc(Oc3ccccc3OC)cc2)cc1. The molecule has 2 N–H and O–H groups in total. The van der Waals surface area contributed by atoms with Crippen LogP contribution in [0.4, 0.5) is 11.4 Å².